The second-order valence-corrected chi connectivity index (χ2v) is 3.59. The molecule has 1 aromatic rings. The lowest BCUT2D eigenvalue weighted by atomic mass is 10.2. The lowest BCUT2D eigenvalue weighted by molar-refractivity contribution is 0.301. The smallest absolute Gasteiger partial charge is 0.172 e. The van der Waals surface area contributed by atoms with Crippen LogP contribution in [0.4, 0.5) is 5.69 Å². The van der Waals surface area contributed by atoms with Gasteiger partial charge in [-0.3, -0.25) is 4.98 Å². The second kappa shape index (κ2) is 6.70. The number of aromatic nitrogens is 1. The van der Waals surface area contributed by atoms with Crippen LogP contribution in [0.15, 0.2) is 23.6 Å². The zero-order chi connectivity index (χ0) is 12.7. The number of aliphatic hydroxyl groups is 1. The standard InChI is InChI=1S/C11H18N4O2/c1-2-5-15(6-7-16)10-8-13-4-3-9(10)11(12)14-17/h3-4,8,16-17H,2,5-7H2,1H3,(H2,12,14). The molecule has 4 N–H and O–H groups in total. The molecule has 94 valence electrons. The highest BCUT2D eigenvalue weighted by Crippen LogP contribution is 2.18. The van der Waals surface area contributed by atoms with Crippen molar-refractivity contribution in [2.45, 2.75) is 13.3 Å². The Labute approximate surface area is 100 Å². The number of pyridine rings is 1. The van der Waals surface area contributed by atoms with E-state index in [1.54, 1.807) is 18.5 Å². The Morgan fingerprint density at radius 3 is 2.88 bits per heavy atom. The van der Waals surface area contributed by atoms with Crippen LogP contribution in [0.2, 0.25) is 0 Å². The molecule has 1 aromatic heterocycles. The van der Waals surface area contributed by atoms with Gasteiger partial charge in [0.05, 0.1) is 18.5 Å². The maximum Gasteiger partial charge on any atom is 0.172 e. The van der Waals surface area contributed by atoms with Gasteiger partial charge in [0.2, 0.25) is 0 Å². The van der Waals surface area contributed by atoms with E-state index < -0.39 is 0 Å². The molecule has 0 aliphatic carbocycles. The Morgan fingerprint density at radius 2 is 2.29 bits per heavy atom. The van der Waals surface area contributed by atoms with Gasteiger partial charge in [-0.1, -0.05) is 12.1 Å². The molecular weight excluding hydrogens is 220 g/mol. The van der Waals surface area contributed by atoms with Crippen LogP contribution in [-0.2, 0) is 0 Å². The van der Waals surface area contributed by atoms with E-state index in [1.807, 2.05) is 11.8 Å². The highest BCUT2D eigenvalue weighted by atomic mass is 16.4. The van der Waals surface area contributed by atoms with E-state index in [4.69, 9.17) is 16.0 Å². The summed E-state index contributed by atoms with van der Waals surface area (Å²) in [6.07, 6.45) is 4.17. The van der Waals surface area contributed by atoms with E-state index in [0.717, 1.165) is 18.7 Å². The lowest BCUT2D eigenvalue weighted by Gasteiger charge is -2.25. The van der Waals surface area contributed by atoms with E-state index in [0.29, 0.717) is 12.1 Å². The molecule has 0 saturated carbocycles. The molecule has 0 spiro atoms. The Morgan fingerprint density at radius 1 is 1.53 bits per heavy atom. The molecule has 17 heavy (non-hydrogen) atoms. The first-order valence-electron chi connectivity index (χ1n) is 5.52. The molecular formula is C11H18N4O2. The van der Waals surface area contributed by atoms with E-state index in [1.165, 1.54) is 0 Å². The van der Waals surface area contributed by atoms with Gasteiger partial charge in [-0.05, 0) is 12.5 Å². The van der Waals surface area contributed by atoms with Gasteiger partial charge < -0.3 is 20.9 Å². The summed E-state index contributed by atoms with van der Waals surface area (Å²) in [4.78, 5) is 5.99. The zero-order valence-electron chi connectivity index (χ0n) is 9.87. The first kappa shape index (κ1) is 13.2. The summed E-state index contributed by atoms with van der Waals surface area (Å²) < 4.78 is 0. The predicted octanol–water partition coefficient (Wildman–Crippen LogP) is 0.385. The fourth-order valence-electron chi connectivity index (χ4n) is 1.65. The Bertz CT molecular complexity index is 375. The monoisotopic (exact) mass is 238 g/mol. The molecule has 0 aliphatic heterocycles. The van der Waals surface area contributed by atoms with Crippen LogP contribution < -0.4 is 10.6 Å². The number of aliphatic hydroxyl groups excluding tert-OH is 1. The number of oxime groups is 1. The van der Waals surface area contributed by atoms with Gasteiger partial charge in [-0.25, -0.2) is 0 Å². The van der Waals surface area contributed by atoms with Gasteiger partial charge in [-0.15, -0.1) is 0 Å². The maximum atomic E-state index is 9.04. The summed E-state index contributed by atoms with van der Waals surface area (Å²) in [6.45, 7) is 3.36. The van der Waals surface area contributed by atoms with Crippen LogP contribution in [0.25, 0.3) is 0 Å². The number of nitrogens with two attached hydrogens (primary N) is 1. The van der Waals surface area contributed by atoms with Crippen molar-refractivity contribution in [3.8, 4) is 0 Å². The van der Waals surface area contributed by atoms with Gasteiger partial charge in [0.25, 0.3) is 0 Å². The summed E-state index contributed by atoms with van der Waals surface area (Å²) in [7, 11) is 0. The average Bonchev–Trinajstić information content (AvgIpc) is 2.37. The topological polar surface area (TPSA) is 95.0 Å². The molecule has 0 atom stereocenters. The summed E-state index contributed by atoms with van der Waals surface area (Å²) in [6, 6.07) is 1.68. The highest BCUT2D eigenvalue weighted by molar-refractivity contribution is 6.01. The van der Waals surface area contributed by atoms with E-state index >= 15 is 0 Å². The Balaban J connectivity index is 3.08. The predicted molar refractivity (Wildman–Crippen MR) is 66.3 cm³/mol. The van der Waals surface area contributed by atoms with E-state index in [2.05, 4.69) is 10.1 Å². The highest BCUT2D eigenvalue weighted by Gasteiger charge is 2.13. The van der Waals surface area contributed by atoms with Crippen LogP contribution in [0, 0.1) is 0 Å². The van der Waals surface area contributed by atoms with Crippen molar-refractivity contribution in [3.05, 3.63) is 24.0 Å². The average molecular weight is 238 g/mol. The number of hydrogen-bond donors (Lipinski definition) is 3. The van der Waals surface area contributed by atoms with Crippen molar-refractivity contribution in [2.24, 2.45) is 10.9 Å². The van der Waals surface area contributed by atoms with Crippen LogP contribution >= 0.6 is 0 Å². The molecule has 0 aromatic carbocycles. The molecule has 6 nitrogen and oxygen atoms in total. The van der Waals surface area contributed by atoms with Crippen molar-refractivity contribution in [1.82, 2.24) is 4.98 Å². The van der Waals surface area contributed by atoms with Crippen molar-refractivity contribution in [1.29, 1.82) is 0 Å². The van der Waals surface area contributed by atoms with Crippen molar-refractivity contribution >= 4 is 11.5 Å². The summed E-state index contributed by atoms with van der Waals surface area (Å²) in [5, 5.41) is 20.8. The summed E-state index contributed by atoms with van der Waals surface area (Å²) in [5.41, 5.74) is 6.99. The molecule has 0 unspecified atom stereocenters. The molecule has 6 heteroatoms. The summed E-state index contributed by atoms with van der Waals surface area (Å²) >= 11 is 0. The molecule has 1 rings (SSSR count). The fourth-order valence-corrected chi connectivity index (χ4v) is 1.65. The molecule has 0 fully saturated rings. The quantitative estimate of drug-likeness (QED) is 0.288. The minimum Gasteiger partial charge on any atom is -0.409 e. The van der Waals surface area contributed by atoms with Gasteiger partial charge in [0.15, 0.2) is 5.84 Å². The van der Waals surface area contributed by atoms with Crippen LogP contribution in [0.3, 0.4) is 0 Å². The number of nitrogens with zero attached hydrogens (tertiary/aromatic N) is 3. The molecule has 0 radical (unpaired) electrons. The minimum absolute atomic E-state index is 0.0430. The van der Waals surface area contributed by atoms with E-state index in [-0.39, 0.29) is 12.4 Å². The minimum atomic E-state index is 0.0430. The van der Waals surface area contributed by atoms with Crippen LogP contribution in [0.5, 0.6) is 0 Å². The van der Waals surface area contributed by atoms with E-state index in [9.17, 15) is 0 Å². The fraction of sp³-hybridized carbons (Fsp3) is 0.455. The maximum absolute atomic E-state index is 9.04. The molecule has 1 heterocycles. The van der Waals surface area contributed by atoms with Crippen LogP contribution in [-0.4, -0.2) is 40.8 Å². The third-order valence-corrected chi connectivity index (χ3v) is 2.39. The molecule has 0 amide bonds. The Hall–Kier alpha value is -1.82. The lowest BCUT2D eigenvalue weighted by Crippen LogP contribution is -2.30. The van der Waals surface area contributed by atoms with Crippen molar-refractivity contribution < 1.29 is 10.3 Å². The first-order chi connectivity index (χ1) is 8.24. The van der Waals surface area contributed by atoms with Gasteiger partial charge in [-0.2, -0.15) is 0 Å². The molecule has 0 saturated heterocycles. The van der Waals surface area contributed by atoms with Gasteiger partial charge >= 0.3 is 0 Å². The van der Waals surface area contributed by atoms with Crippen molar-refractivity contribution in [3.63, 3.8) is 0 Å². The summed E-state index contributed by atoms with van der Waals surface area (Å²) in [5.74, 6) is 0.0430. The number of amidine groups is 1. The first-order valence-corrected chi connectivity index (χ1v) is 5.52. The molecule has 0 aliphatic rings. The van der Waals surface area contributed by atoms with Gasteiger partial charge in [0.1, 0.15) is 0 Å². The van der Waals surface area contributed by atoms with Crippen LogP contribution in [0.1, 0.15) is 18.9 Å². The zero-order valence-corrected chi connectivity index (χ0v) is 9.87. The number of hydrogen-bond acceptors (Lipinski definition) is 5. The number of anilines is 1. The second-order valence-electron chi connectivity index (χ2n) is 3.59. The third-order valence-electron chi connectivity index (χ3n) is 2.39. The normalized spacial score (nSPS) is 11.5. The number of rotatable bonds is 6. The third kappa shape index (κ3) is 3.32. The largest absolute Gasteiger partial charge is 0.409 e. The SMILES string of the molecule is CCCN(CCO)c1cnccc1/C(N)=N/O. The van der Waals surface area contributed by atoms with Gasteiger partial charge in [0, 0.05) is 24.8 Å². The Kier molecular flexibility index (Phi) is 5.22. The molecule has 0 bridgehead atoms. The van der Waals surface area contributed by atoms with Crippen molar-refractivity contribution in [2.75, 3.05) is 24.6 Å².